The first-order chi connectivity index (χ1) is 9.40. The maximum absolute atomic E-state index is 13.7. The molecule has 106 valence electrons. The van der Waals surface area contributed by atoms with E-state index in [1.165, 1.54) is 12.1 Å². The second kappa shape index (κ2) is 5.81. The zero-order chi connectivity index (χ0) is 14.9. The summed E-state index contributed by atoms with van der Waals surface area (Å²) in [7, 11) is 0. The molecule has 1 unspecified atom stereocenters. The zero-order valence-corrected chi connectivity index (χ0v) is 10.9. The molecule has 0 amide bonds. The van der Waals surface area contributed by atoms with E-state index in [0.717, 1.165) is 18.2 Å². The monoisotopic (exact) mass is 303 g/mol. The fraction of sp³-hybridized carbons (Fsp3) is 0.143. The molecule has 0 aliphatic heterocycles. The van der Waals surface area contributed by atoms with Gasteiger partial charge in [-0.05, 0) is 30.2 Å². The van der Waals surface area contributed by atoms with Crippen molar-refractivity contribution in [3.8, 4) is 0 Å². The van der Waals surface area contributed by atoms with Crippen LogP contribution in [0.1, 0.15) is 17.2 Å². The molecule has 20 heavy (non-hydrogen) atoms. The molecular formula is C14H10ClF4N. The molecule has 2 aromatic carbocycles. The number of hydrogen-bond donors (Lipinski definition) is 1. The number of hydrogen-bond acceptors (Lipinski definition) is 1. The summed E-state index contributed by atoms with van der Waals surface area (Å²) in [6, 6.07) is 4.26. The van der Waals surface area contributed by atoms with Gasteiger partial charge in [-0.25, -0.2) is 17.6 Å². The largest absolute Gasteiger partial charge is 0.324 e. The molecule has 0 aliphatic rings. The summed E-state index contributed by atoms with van der Waals surface area (Å²) < 4.78 is 53.5. The van der Waals surface area contributed by atoms with Gasteiger partial charge >= 0.3 is 0 Å². The first-order valence-corrected chi connectivity index (χ1v) is 6.11. The highest BCUT2D eigenvalue weighted by Gasteiger charge is 2.18. The summed E-state index contributed by atoms with van der Waals surface area (Å²) in [5.74, 6) is -3.67. The Kier molecular flexibility index (Phi) is 4.30. The van der Waals surface area contributed by atoms with Crippen LogP contribution in [0.15, 0.2) is 30.3 Å². The lowest BCUT2D eigenvalue weighted by Crippen LogP contribution is -2.16. The van der Waals surface area contributed by atoms with Crippen molar-refractivity contribution in [2.75, 3.05) is 0 Å². The number of halogens is 5. The van der Waals surface area contributed by atoms with Gasteiger partial charge in [-0.15, -0.1) is 0 Å². The first-order valence-electron chi connectivity index (χ1n) is 5.73. The van der Waals surface area contributed by atoms with Crippen LogP contribution >= 0.6 is 11.6 Å². The van der Waals surface area contributed by atoms with E-state index in [1.54, 1.807) is 0 Å². The predicted molar refractivity (Wildman–Crippen MR) is 68.4 cm³/mol. The van der Waals surface area contributed by atoms with Crippen molar-refractivity contribution in [3.63, 3.8) is 0 Å². The van der Waals surface area contributed by atoms with Gasteiger partial charge in [0.1, 0.15) is 11.6 Å². The molecule has 2 aromatic rings. The molecule has 0 saturated heterocycles. The third-order valence-electron chi connectivity index (χ3n) is 2.91. The standard InChI is InChI=1S/C14H10ClF4N/c15-9-6-11(17)8(5-12(9)18)13(20)4-7-2-1-3-10(16)14(7)19/h1-3,5-6,13H,4,20H2. The molecule has 2 rings (SSSR count). The van der Waals surface area contributed by atoms with Gasteiger partial charge in [0.05, 0.1) is 5.02 Å². The maximum atomic E-state index is 13.7. The molecule has 0 fully saturated rings. The molecule has 0 heterocycles. The molecule has 0 saturated carbocycles. The Hall–Kier alpha value is -1.59. The van der Waals surface area contributed by atoms with Crippen molar-refractivity contribution in [2.24, 2.45) is 5.73 Å². The van der Waals surface area contributed by atoms with Crippen LogP contribution in [-0.2, 0) is 6.42 Å². The average Bonchev–Trinajstić information content (AvgIpc) is 2.39. The van der Waals surface area contributed by atoms with E-state index >= 15 is 0 Å². The third kappa shape index (κ3) is 2.94. The molecule has 0 bridgehead atoms. The zero-order valence-electron chi connectivity index (χ0n) is 10.1. The van der Waals surface area contributed by atoms with Gasteiger partial charge in [-0.2, -0.15) is 0 Å². The highest BCUT2D eigenvalue weighted by molar-refractivity contribution is 6.30. The van der Waals surface area contributed by atoms with E-state index in [9.17, 15) is 17.6 Å². The van der Waals surface area contributed by atoms with Crippen LogP contribution in [0.2, 0.25) is 5.02 Å². The highest BCUT2D eigenvalue weighted by Crippen LogP contribution is 2.26. The Morgan fingerprint density at radius 1 is 1.00 bits per heavy atom. The maximum Gasteiger partial charge on any atom is 0.162 e. The lowest BCUT2D eigenvalue weighted by molar-refractivity contribution is 0.491. The summed E-state index contributed by atoms with van der Waals surface area (Å²) in [6.45, 7) is 0. The van der Waals surface area contributed by atoms with Crippen LogP contribution in [0.25, 0.3) is 0 Å². The highest BCUT2D eigenvalue weighted by atomic mass is 35.5. The molecule has 0 aromatic heterocycles. The van der Waals surface area contributed by atoms with Gasteiger partial charge < -0.3 is 5.73 Å². The number of benzene rings is 2. The molecule has 6 heteroatoms. The molecule has 2 N–H and O–H groups in total. The third-order valence-corrected chi connectivity index (χ3v) is 3.20. The van der Waals surface area contributed by atoms with E-state index in [-0.39, 0.29) is 22.6 Å². The summed E-state index contributed by atoms with van der Waals surface area (Å²) in [5.41, 5.74) is 5.58. The second-order valence-electron chi connectivity index (χ2n) is 4.31. The van der Waals surface area contributed by atoms with Crippen LogP contribution in [0.5, 0.6) is 0 Å². The van der Waals surface area contributed by atoms with Crippen molar-refractivity contribution in [3.05, 3.63) is 69.8 Å². The van der Waals surface area contributed by atoms with Gasteiger partial charge in [0.2, 0.25) is 0 Å². The molecule has 0 spiro atoms. The van der Waals surface area contributed by atoms with E-state index in [2.05, 4.69) is 0 Å². The second-order valence-corrected chi connectivity index (χ2v) is 4.72. The fourth-order valence-electron chi connectivity index (χ4n) is 1.88. The lowest BCUT2D eigenvalue weighted by atomic mass is 9.98. The van der Waals surface area contributed by atoms with Gasteiger partial charge in [-0.1, -0.05) is 23.7 Å². The summed E-state index contributed by atoms with van der Waals surface area (Å²) in [4.78, 5) is 0. The van der Waals surface area contributed by atoms with Gasteiger partial charge in [-0.3, -0.25) is 0 Å². The number of rotatable bonds is 3. The molecule has 0 radical (unpaired) electrons. The average molecular weight is 304 g/mol. The minimum absolute atomic E-state index is 0.00717. The summed E-state index contributed by atoms with van der Waals surface area (Å²) in [6.07, 6.45) is -0.165. The fourth-order valence-corrected chi connectivity index (χ4v) is 2.03. The molecular weight excluding hydrogens is 294 g/mol. The van der Waals surface area contributed by atoms with Crippen LogP contribution in [0.3, 0.4) is 0 Å². The molecule has 1 atom stereocenters. The van der Waals surface area contributed by atoms with Crippen molar-refractivity contribution in [2.45, 2.75) is 12.5 Å². The summed E-state index contributed by atoms with van der Waals surface area (Å²) in [5, 5.41) is -0.365. The first kappa shape index (κ1) is 14.8. The van der Waals surface area contributed by atoms with Crippen molar-refractivity contribution in [1.82, 2.24) is 0 Å². The Morgan fingerprint density at radius 3 is 2.40 bits per heavy atom. The predicted octanol–water partition coefficient (Wildman–Crippen LogP) is 4.14. The van der Waals surface area contributed by atoms with Gasteiger partial charge in [0.25, 0.3) is 0 Å². The van der Waals surface area contributed by atoms with E-state index in [1.807, 2.05) is 0 Å². The molecule has 0 aliphatic carbocycles. The summed E-state index contributed by atoms with van der Waals surface area (Å²) >= 11 is 5.43. The van der Waals surface area contributed by atoms with Crippen LogP contribution in [0.4, 0.5) is 17.6 Å². The Balaban J connectivity index is 2.31. The molecule has 1 nitrogen and oxygen atoms in total. The van der Waals surface area contributed by atoms with Crippen LogP contribution < -0.4 is 5.73 Å². The normalized spacial score (nSPS) is 12.5. The van der Waals surface area contributed by atoms with Crippen molar-refractivity contribution < 1.29 is 17.6 Å². The SMILES string of the molecule is NC(Cc1cccc(F)c1F)c1cc(F)c(Cl)cc1F. The smallest absolute Gasteiger partial charge is 0.162 e. The van der Waals surface area contributed by atoms with Crippen molar-refractivity contribution >= 4 is 11.6 Å². The quantitative estimate of drug-likeness (QED) is 0.669. The van der Waals surface area contributed by atoms with E-state index < -0.39 is 29.3 Å². The minimum atomic E-state index is -1.04. The Morgan fingerprint density at radius 2 is 1.70 bits per heavy atom. The Bertz CT molecular complexity index is 645. The van der Waals surface area contributed by atoms with Gasteiger partial charge in [0.15, 0.2) is 11.6 Å². The lowest BCUT2D eigenvalue weighted by Gasteiger charge is -2.14. The van der Waals surface area contributed by atoms with Crippen LogP contribution in [0, 0.1) is 23.3 Å². The minimum Gasteiger partial charge on any atom is -0.324 e. The van der Waals surface area contributed by atoms with Crippen molar-refractivity contribution in [1.29, 1.82) is 0 Å². The topological polar surface area (TPSA) is 26.0 Å². The van der Waals surface area contributed by atoms with E-state index in [4.69, 9.17) is 17.3 Å². The number of nitrogens with two attached hydrogens (primary N) is 1. The Labute approximate surface area is 118 Å². The van der Waals surface area contributed by atoms with Crippen LogP contribution in [-0.4, -0.2) is 0 Å². The van der Waals surface area contributed by atoms with E-state index in [0.29, 0.717) is 0 Å². The van der Waals surface area contributed by atoms with Gasteiger partial charge in [0, 0.05) is 11.6 Å².